The highest BCUT2D eigenvalue weighted by molar-refractivity contribution is 5.82. The maximum absolute atomic E-state index is 12.1. The Balaban J connectivity index is 2.41. The van der Waals surface area contributed by atoms with Crippen LogP contribution in [0.1, 0.15) is 39.5 Å². The summed E-state index contributed by atoms with van der Waals surface area (Å²) in [6, 6.07) is -0.423. The zero-order valence-corrected chi connectivity index (χ0v) is 11.3. The fourth-order valence-electron chi connectivity index (χ4n) is 2.30. The lowest BCUT2D eigenvalue weighted by Gasteiger charge is -2.24. The minimum absolute atomic E-state index is 0.0159. The number of carboxylic acids is 1. The van der Waals surface area contributed by atoms with E-state index in [4.69, 9.17) is 10.8 Å². The van der Waals surface area contributed by atoms with Crippen LogP contribution in [0, 0.1) is 11.8 Å². The lowest BCUT2D eigenvalue weighted by molar-refractivity contribution is -0.137. The van der Waals surface area contributed by atoms with Gasteiger partial charge in [0.15, 0.2) is 0 Å². The number of amides is 1. The molecule has 1 unspecified atom stereocenters. The van der Waals surface area contributed by atoms with E-state index in [1.54, 1.807) is 4.90 Å². The van der Waals surface area contributed by atoms with Crippen molar-refractivity contribution in [1.82, 2.24) is 4.90 Å². The molecule has 1 aliphatic heterocycles. The number of likely N-dealkylation sites (tertiary alicyclic amines) is 1. The molecule has 0 aromatic rings. The molecule has 0 radical (unpaired) electrons. The van der Waals surface area contributed by atoms with Gasteiger partial charge in [0.1, 0.15) is 0 Å². The third-order valence-corrected chi connectivity index (χ3v) is 3.91. The van der Waals surface area contributed by atoms with Gasteiger partial charge in [-0.15, -0.1) is 0 Å². The van der Waals surface area contributed by atoms with Crippen LogP contribution < -0.4 is 5.73 Å². The van der Waals surface area contributed by atoms with Gasteiger partial charge in [0.05, 0.1) is 6.04 Å². The zero-order valence-electron chi connectivity index (χ0n) is 11.3. The molecule has 1 amide bonds. The van der Waals surface area contributed by atoms with Gasteiger partial charge in [0.25, 0.3) is 0 Å². The second-order valence-corrected chi connectivity index (χ2v) is 5.28. The molecule has 104 valence electrons. The fourth-order valence-corrected chi connectivity index (χ4v) is 2.30. The molecular formula is C13H24N2O3. The Hall–Kier alpha value is -1.10. The predicted molar refractivity (Wildman–Crippen MR) is 69.0 cm³/mol. The summed E-state index contributed by atoms with van der Waals surface area (Å²) in [5, 5.41) is 8.64. The number of nitrogens with zero attached hydrogens (tertiary/aromatic N) is 1. The number of rotatable bonds is 6. The van der Waals surface area contributed by atoms with Crippen LogP contribution in [0.5, 0.6) is 0 Å². The van der Waals surface area contributed by atoms with E-state index >= 15 is 0 Å². The Morgan fingerprint density at radius 1 is 1.50 bits per heavy atom. The topological polar surface area (TPSA) is 83.6 Å². The van der Waals surface area contributed by atoms with Crippen molar-refractivity contribution in [2.45, 2.75) is 45.6 Å². The number of hydrogen-bond donors (Lipinski definition) is 2. The molecule has 1 rings (SSSR count). The fraction of sp³-hybridized carbons (Fsp3) is 0.846. The molecule has 1 heterocycles. The molecule has 3 N–H and O–H groups in total. The molecule has 1 aliphatic rings. The second kappa shape index (κ2) is 6.73. The second-order valence-electron chi connectivity index (χ2n) is 5.28. The van der Waals surface area contributed by atoms with E-state index in [1.807, 2.05) is 13.8 Å². The first-order chi connectivity index (χ1) is 8.45. The standard InChI is InChI=1S/C13H24N2O3/c1-3-9(2)12(14)13(18)15-7-6-10(8-15)4-5-11(16)17/h9-10,12H,3-8,14H2,1-2H3,(H,16,17)/t9-,10?,12-/m0/s1. The van der Waals surface area contributed by atoms with Crippen LogP contribution in [-0.4, -0.2) is 41.0 Å². The van der Waals surface area contributed by atoms with Gasteiger partial charge in [-0.05, 0) is 24.7 Å². The van der Waals surface area contributed by atoms with Gasteiger partial charge in [-0.2, -0.15) is 0 Å². The SMILES string of the molecule is CC[C@H](C)[C@H](N)C(=O)N1CCC(CCC(=O)O)C1. The Morgan fingerprint density at radius 2 is 2.17 bits per heavy atom. The number of nitrogens with two attached hydrogens (primary N) is 1. The van der Waals surface area contributed by atoms with Crippen molar-refractivity contribution in [2.24, 2.45) is 17.6 Å². The average molecular weight is 256 g/mol. The molecule has 0 spiro atoms. The average Bonchev–Trinajstić information content (AvgIpc) is 2.82. The molecule has 0 aromatic heterocycles. The Morgan fingerprint density at radius 3 is 2.72 bits per heavy atom. The molecule has 1 saturated heterocycles. The summed E-state index contributed by atoms with van der Waals surface area (Å²) in [5.41, 5.74) is 5.93. The van der Waals surface area contributed by atoms with Crippen LogP contribution in [0.4, 0.5) is 0 Å². The lowest BCUT2D eigenvalue weighted by atomic mass is 9.99. The van der Waals surface area contributed by atoms with Crippen molar-refractivity contribution in [2.75, 3.05) is 13.1 Å². The maximum Gasteiger partial charge on any atom is 0.303 e. The number of hydrogen-bond acceptors (Lipinski definition) is 3. The summed E-state index contributed by atoms with van der Waals surface area (Å²) in [6.45, 7) is 5.39. The summed E-state index contributed by atoms with van der Waals surface area (Å²) >= 11 is 0. The van der Waals surface area contributed by atoms with Crippen molar-refractivity contribution in [1.29, 1.82) is 0 Å². The Bertz CT molecular complexity index is 307. The maximum atomic E-state index is 12.1. The van der Waals surface area contributed by atoms with Gasteiger partial charge in [-0.1, -0.05) is 20.3 Å². The van der Waals surface area contributed by atoms with E-state index in [9.17, 15) is 9.59 Å². The van der Waals surface area contributed by atoms with E-state index in [2.05, 4.69) is 0 Å². The van der Waals surface area contributed by atoms with Crippen LogP contribution in [0.2, 0.25) is 0 Å². The van der Waals surface area contributed by atoms with E-state index in [-0.39, 0.29) is 18.2 Å². The summed E-state index contributed by atoms with van der Waals surface area (Å²) in [4.78, 5) is 24.4. The molecule has 0 bridgehead atoms. The van der Waals surface area contributed by atoms with Crippen molar-refractivity contribution in [3.8, 4) is 0 Å². The highest BCUT2D eigenvalue weighted by Crippen LogP contribution is 2.22. The molecule has 0 saturated carbocycles. The van der Waals surface area contributed by atoms with Crippen LogP contribution >= 0.6 is 0 Å². The molecule has 5 heteroatoms. The first-order valence-electron chi connectivity index (χ1n) is 6.71. The van der Waals surface area contributed by atoms with Crippen LogP contribution in [-0.2, 0) is 9.59 Å². The van der Waals surface area contributed by atoms with Gasteiger partial charge in [-0.3, -0.25) is 9.59 Å². The zero-order chi connectivity index (χ0) is 13.7. The van der Waals surface area contributed by atoms with Gasteiger partial charge in [0.2, 0.25) is 5.91 Å². The predicted octanol–water partition coefficient (Wildman–Crippen LogP) is 1.07. The molecule has 18 heavy (non-hydrogen) atoms. The molecule has 3 atom stereocenters. The van der Waals surface area contributed by atoms with Gasteiger partial charge < -0.3 is 15.7 Å². The van der Waals surface area contributed by atoms with Crippen molar-refractivity contribution in [3.05, 3.63) is 0 Å². The summed E-state index contributed by atoms with van der Waals surface area (Å²) in [6.07, 6.45) is 2.62. The highest BCUT2D eigenvalue weighted by atomic mass is 16.4. The minimum atomic E-state index is -0.768. The van der Waals surface area contributed by atoms with E-state index in [0.717, 1.165) is 12.8 Å². The smallest absolute Gasteiger partial charge is 0.303 e. The molecule has 0 aromatic carbocycles. The highest BCUT2D eigenvalue weighted by Gasteiger charge is 2.31. The summed E-state index contributed by atoms with van der Waals surface area (Å²) in [5.74, 6) is -0.247. The van der Waals surface area contributed by atoms with Crippen LogP contribution in [0.25, 0.3) is 0 Å². The van der Waals surface area contributed by atoms with Crippen molar-refractivity contribution in [3.63, 3.8) is 0 Å². The van der Waals surface area contributed by atoms with Gasteiger partial charge >= 0.3 is 5.97 Å². The normalized spacial score (nSPS) is 22.8. The third-order valence-electron chi connectivity index (χ3n) is 3.91. The van der Waals surface area contributed by atoms with E-state index in [1.165, 1.54) is 0 Å². The number of carbonyl (C=O) groups excluding carboxylic acids is 1. The molecular weight excluding hydrogens is 232 g/mol. The number of aliphatic carboxylic acids is 1. The van der Waals surface area contributed by atoms with E-state index < -0.39 is 12.0 Å². The minimum Gasteiger partial charge on any atom is -0.481 e. The van der Waals surface area contributed by atoms with E-state index in [0.29, 0.717) is 25.4 Å². The van der Waals surface area contributed by atoms with Crippen molar-refractivity contribution < 1.29 is 14.7 Å². The largest absolute Gasteiger partial charge is 0.481 e. The summed E-state index contributed by atoms with van der Waals surface area (Å²) < 4.78 is 0. The third kappa shape index (κ3) is 3.98. The van der Waals surface area contributed by atoms with Gasteiger partial charge in [-0.25, -0.2) is 0 Å². The monoisotopic (exact) mass is 256 g/mol. The molecule has 5 nitrogen and oxygen atoms in total. The number of carboxylic acid groups (broad SMARTS) is 1. The van der Waals surface area contributed by atoms with Crippen LogP contribution in [0.3, 0.4) is 0 Å². The first kappa shape index (κ1) is 15.0. The molecule has 0 aliphatic carbocycles. The Kier molecular flexibility index (Phi) is 5.59. The van der Waals surface area contributed by atoms with Gasteiger partial charge in [0, 0.05) is 19.5 Å². The summed E-state index contributed by atoms with van der Waals surface area (Å²) in [7, 11) is 0. The van der Waals surface area contributed by atoms with Crippen LogP contribution in [0.15, 0.2) is 0 Å². The number of carbonyl (C=O) groups is 2. The van der Waals surface area contributed by atoms with Crippen molar-refractivity contribution >= 4 is 11.9 Å². The lowest BCUT2D eigenvalue weighted by Crippen LogP contribution is -2.46. The Labute approximate surface area is 108 Å². The first-order valence-corrected chi connectivity index (χ1v) is 6.71. The molecule has 1 fully saturated rings. The quantitative estimate of drug-likeness (QED) is 0.744.